The Morgan fingerprint density at radius 1 is 0.216 bits per heavy atom. The molecular formula is C70H46N4. The second kappa shape index (κ2) is 16.9. The molecule has 4 nitrogen and oxygen atoms in total. The summed E-state index contributed by atoms with van der Waals surface area (Å²) in [6.07, 6.45) is 0. The summed E-state index contributed by atoms with van der Waals surface area (Å²) in [5.74, 6) is 0. The van der Waals surface area contributed by atoms with E-state index in [9.17, 15) is 0 Å². The average Bonchev–Trinajstić information content (AvgIpc) is 4.11. The molecular weight excluding hydrogens is 897 g/mol. The van der Waals surface area contributed by atoms with Crippen molar-refractivity contribution in [1.29, 1.82) is 0 Å². The molecule has 0 saturated heterocycles. The first-order chi connectivity index (χ1) is 36.7. The lowest BCUT2D eigenvalue weighted by atomic mass is 10.00. The molecule has 3 heterocycles. The summed E-state index contributed by atoms with van der Waals surface area (Å²) in [4.78, 5) is 2.43. The van der Waals surface area contributed by atoms with Crippen LogP contribution in [0.2, 0.25) is 0 Å². The Morgan fingerprint density at radius 2 is 0.554 bits per heavy atom. The van der Waals surface area contributed by atoms with Crippen LogP contribution in [0.4, 0.5) is 17.1 Å². The van der Waals surface area contributed by atoms with Gasteiger partial charge in [0, 0.05) is 65.8 Å². The highest BCUT2D eigenvalue weighted by Crippen LogP contribution is 2.44. The third-order valence-corrected chi connectivity index (χ3v) is 15.2. The number of para-hydroxylation sites is 6. The molecule has 0 aliphatic heterocycles. The van der Waals surface area contributed by atoms with Crippen LogP contribution >= 0.6 is 0 Å². The smallest absolute Gasteiger partial charge is 0.0542 e. The second-order valence-electron chi connectivity index (χ2n) is 19.3. The van der Waals surface area contributed by atoms with E-state index in [1.54, 1.807) is 0 Å². The van der Waals surface area contributed by atoms with E-state index in [4.69, 9.17) is 0 Å². The fourth-order valence-corrected chi connectivity index (χ4v) is 11.9. The van der Waals surface area contributed by atoms with E-state index >= 15 is 0 Å². The quantitative estimate of drug-likeness (QED) is 0.148. The fourth-order valence-electron chi connectivity index (χ4n) is 11.9. The molecule has 0 spiro atoms. The first kappa shape index (κ1) is 41.8. The Labute approximate surface area is 428 Å². The highest BCUT2D eigenvalue weighted by atomic mass is 15.1. The van der Waals surface area contributed by atoms with E-state index in [2.05, 4.69) is 298 Å². The summed E-state index contributed by atoms with van der Waals surface area (Å²) in [6.45, 7) is 0. The molecule has 0 aliphatic rings. The predicted octanol–water partition coefficient (Wildman–Crippen LogP) is 18.9. The summed E-state index contributed by atoms with van der Waals surface area (Å²) in [7, 11) is 0. The summed E-state index contributed by atoms with van der Waals surface area (Å²) in [6, 6.07) is 102. The van der Waals surface area contributed by atoms with Crippen LogP contribution in [-0.4, -0.2) is 13.7 Å². The van der Waals surface area contributed by atoms with Crippen molar-refractivity contribution in [2.75, 3.05) is 4.90 Å². The zero-order valence-electron chi connectivity index (χ0n) is 40.3. The average molecular weight is 943 g/mol. The van der Waals surface area contributed by atoms with Gasteiger partial charge in [0.1, 0.15) is 0 Å². The molecule has 0 N–H and O–H groups in total. The predicted molar refractivity (Wildman–Crippen MR) is 313 cm³/mol. The van der Waals surface area contributed by atoms with Gasteiger partial charge in [-0.25, -0.2) is 0 Å². The summed E-state index contributed by atoms with van der Waals surface area (Å²) >= 11 is 0. The number of hydrogen-bond acceptors (Lipinski definition) is 1. The minimum absolute atomic E-state index is 1.08. The Bertz CT molecular complexity index is 4380. The van der Waals surface area contributed by atoms with Crippen LogP contribution in [0.25, 0.3) is 116 Å². The van der Waals surface area contributed by atoms with Gasteiger partial charge in [-0.15, -0.1) is 0 Å². The van der Waals surface area contributed by atoms with Crippen LogP contribution in [0.15, 0.2) is 279 Å². The maximum atomic E-state index is 2.44. The Hall–Kier alpha value is -9.90. The van der Waals surface area contributed by atoms with Gasteiger partial charge in [-0.1, -0.05) is 170 Å². The zero-order valence-corrected chi connectivity index (χ0v) is 40.3. The molecule has 74 heavy (non-hydrogen) atoms. The van der Waals surface area contributed by atoms with Crippen molar-refractivity contribution in [3.63, 3.8) is 0 Å². The van der Waals surface area contributed by atoms with Crippen molar-refractivity contribution in [2.45, 2.75) is 0 Å². The van der Waals surface area contributed by atoms with E-state index in [0.29, 0.717) is 0 Å². The maximum Gasteiger partial charge on any atom is 0.0542 e. The number of fused-ring (bicyclic) bond motifs is 10. The van der Waals surface area contributed by atoms with E-state index in [1.165, 1.54) is 87.3 Å². The van der Waals surface area contributed by atoms with Gasteiger partial charge in [-0.2, -0.15) is 0 Å². The first-order valence-electron chi connectivity index (χ1n) is 25.4. The first-order valence-corrected chi connectivity index (χ1v) is 25.4. The fraction of sp³-hybridized carbons (Fsp3) is 0. The van der Waals surface area contributed by atoms with Crippen LogP contribution in [0.3, 0.4) is 0 Å². The molecule has 0 aliphatic carbocycles. The molecule has 0 amide bonds. The SMILES string of the molecule is c1ccc(-n2c3ccccc3c3cc(-c4ccc(N(c5ccc(-c6ccc7c(c6)c6ccccc6n7-c6ccccc6)cc5)c5ccc(-n6c7ccccc7c7ccccc76)c6ccccc56)cc4)ccc32)cc1. The number of anilines is 3. The Kier molecular flexibility index (Phi) is 9.54. The van der Waals surface area contributed by atoms with Crippen LogP contribution in [0.1, 0.15) is 0 Å². The molecule has 3 aromatic heterocycles. The third-order valence-electron chi connectivity index (χ3n) is 15.2. The van der Waals surface area contributed by atoms with Gasteiger partial charge in [-0.05, 0) is 131 Å². The number of nitrogens with zero attached hydrogens (tertiary/aromatic N) is 4. The minimum Gasteiger partial charge on any atom is -0.310 e. The van der Waals surface area contributed by atoms with Crippen molar-refractivity contribution in [3.8, 4) is 39.3 Å². The highest BCUT2D eigenvalue weighted by molar-refractivity contribution is 6.14. The summed E-state index contributed by atoms with van der Waals surface area (Å²) in [5, 5.41) is 9.82. The molecule has 346 valence electrons. The molecule has 0 atom stereocenters. The lowest BCUT2D eigenvalue weighted by molar-refractivity contribution is 1.18. The van der Waals surface area contributed by atoms with Crippen molar-refractivity contribution in [2.24, 2.45) is 0 Å². The molecule has 0 saturated carbocycles. The topological polar surface area (TPSA) is 18.0 Å². The van der Waals surface area contributed by atoms with E-state index in [0.717, 1.165) is 45.3 Å². The third kappa shape index (κ3) is 6.55. The molecule has 4 heteroatoms. The highest BCUT2D eigenvalue weighted by Gasteiger charge is 2.21. The lowest BCUT2D eigenvalue weighted by Crippen LogP contribution is -2.11. The van der Waals surface area contributed by atoms with E-state index in [1.807, 2.05) is 0 Å². The van der Waals surface area contributed by atoms with Gasteiger partial charge in [-0.3, -0.25) is 0 Å². The van der Waals surface area contributed by atoms with Crippen LogP contribution in [-0.2, 0) is 0 Å². The van der Waals surface area contributed by atoms with Gasteiger partial charge in [0.2, 0.25) is 0 Å². The number of benzene rings is 12. The number of rotatable bonds is 8. The van der Waals surface area contributed by atoms with Gasteiger partial charge in [0.15, 0.2) is 0 Å². The monoisotopic (exact) mass is 942 g/mol. The molecule has 0 unspecified atom stereocenters. The molecule has 15 rings (SSSR count). The normalized spacial score (nSPS) is 11.8. The standard InChI is InChI=1S/C70H46N4/c1-3-17-51(18-4-1)72-63-27-13-11-25-59(63)61-45-49(35-41-69(61)72)47-31-37-53(38-32-47)71(67-43-44-68(58-22-8-7-21-57(58)67)74-65-29-15-9-23-55(65)56-24-10-16-30-66(56)74)54-39-33-48(34-40-54)50-36-42-70-62(46-50)60-26-12-14-28-64(60)73(70)52-19-5-2-6-20-52/h1-46H. The molecule has 0 fully saturated rings. The van der Waals surface area contributed by atoms with Gasteiger partial charge >= 0.3 is 0 Å². The molecule has 0 bridgehead atoms. The van der Waals surface area contributed by atoms with Crippen LogP contribution in [0.5, 0.6) is 0 Å². The van der Waals surface area contributed by atoms with Crippen LogP contribution in [0, 0.1) is 0 Å². The molecule has 0 radical (unpaired) electrons. The largest absolute Gasteiger partial charge is 0.310 e. The Morgan fingerprint density at radius 3 is 1.00 bits per heavy atom. The lowest BCUT2D eigenvalue weighted by Gasteiger charge is -2.28. The van der Waals surface area contributed by atoms with Gasteiger partial charge in [0.05, 0.1) is 44.5 Å². The second-order valence-corrected chi connectivity index (χ2v) is 19.3. The van der Waals surface area contributed by atoms with E-state index in [-0.39, 0.29) is 0 Å². The Balaban J connectivity index is 0.871. The minimum atomic E-state index is 1.08. The van der Waals surface area contributed by atoms with Crippen molar-refractivity contribution >= 4 is 93.3 Å². The van der Waals surface area contributed by atoms with Crippen LogP contribution < -0.4 is 4.90 Å². The zero-order chi connectivity index (χ0) is 48.7. The van der Waals surface area contributed by atoms with Gasteiger partial charge < -0.3 is 18.6 Å². The summed E-state index contributed by atoms with van der Waals surface area (Å²) < 4.78 is 7.19. The number of hydrogen-bond donors (Lipinski definition) is 0. The molecule has 15 aromatic rings. The van der Waals surface area contributed by atoms with Gasteiger partial charge in [0.25, 0.3) is 0 Å². The molecule has 12 aromatic carbocycles. The van der Waals surface area contributed by atoms with Crippen molar-refractivity contribution in [3.05, 3.63) is 279 Å². The van der Waals surface area contributed by atoms with E-state index < -0.39 is 0 Å². The maximum absolute atomic E-state index is 2.44. The van der Waals surface area contributed by atoms with Crippen molar-refractivity contribution < 1.29 is 0 Å². The number of aromatic nitrogens is 3. The summed E-state index contributed by atoms with van der Waals surface area (Å²) in [5.41, 5.74) is 18.6. The van der Waals surface area contributed by atoms with Crippen molar-refractivity contribution in [1.82, 2.24) is 13.7 Å².